The van der Waals surface area contributed by atoms with Gasteiger partial charge in [0.15, 0.2) is 5.96 Å². The summed E-state index contributed by atoms with van der Waals surface area (Å²) < 4.78 is 5.27. The van der Waals surface area contributed by atoms with Crippen molar-refractivity contribution in [2.45, 2.75) is 0 Å². The Labute approximate surface area is 131 Å². The minimum absolute atomic E-state index is 0.0930. The lowest BCUT2D eigenvalue weighted by Crippen LogP contribution is -2.24. The van der Waals surface area contributed by atoms with Crippen LogP contribution in [0.25, 0.3) is 10.9 Å². The molecule has 23 heavy (non-hydrogen) atoms. The van der Waals surface area contributed by atoms with Crippen LogP contribution in [0.2, 0.25) is 0 Å². The third-order valence-corrected chi connectivity index (χ3v) is 2.64. The Morgan fingerprint density at radius 3 is 2.83 bits per heavy atom. The van der Waals surface area contributed by atoms with Gasteiger partial charge in [0.1, 0.15) is 5.75 Å². The van der Waals surface area contributed by atoms with Gasteiger partial charge in [0.25, 0.3) is 5.09 Å². The highest BCUT2D eigenvalue weighted by Gasteiger charge is 2.04. The average molecular weight is 322 g/mol. The summed E-state index contributed by atoms with van der Waals surface area (Å²) in [6, 6.07) is 7.74. The number of nitrogens with one attached hydrogen (secondary N) is 1. The molecule has 0 amide bonds. The van der Waals surface area contributed by atoms with Crippen LogP contribution in [0.4, 0.5) is 5.69 Å². The van der Waals surface area contributed by atoms with Crippen LogP contribution >= 0.6 is 0 Å². The zero-order valence-corrected chi connectivity index (χ0v) is 12.5. The minimum atomic E-state index is -1.50. The van der Waals surface area contributed by atoms with Crippen molar-refractivity contribution in [2.24, 2.45) is 16.5 Å². The molecule has 1 heterocycles. The Hall–Kier alpha value is -3.30. The molecule has 10 nitrogen and oxygen atoms in total. The number of aliphatic imine (C=N–C) groups is 1. The van der Waals surface area contributed by atoms with E-state index in [-0.39, 0.29) is 5.96 Å². The largest absolute Gasteiger partial charge is 0.497 e. The van der Waals surface area contributed by atoms with Crippen molar-refractivity contribution in [3.63, 3.8) is 0 Å². The lowest BCUT2D eigenvalue weighted by atomic mass is 10.2. The van der Waals surface area contributed by atoms with Crippen LogP contribution in [0.15, 0.2) is 35.5 Å². The molecule has 2 aromatic rings. The third-order valence-electron chi connectivity index (χ3n) is 2.64. The van der Waals surface area contributed by atoms with Crippen LogP contribution in [0.5, 0.6) is 5.75 Å². The maximum Gasteiger partial charge on any atom is 0.291 e. The van der Waals surface area contributed by atoms with Gasteiger partial charge >= 0.3 is 0 Å². The van der Waals surface area contributed by atoms with Gasteiger partial charge < -0.3 is 26.7 Å². The quantitative estimate of drug-likeness (QED) is 0.204. The average Bonchev–Trinajstić information content (AvgIpc) is 2.50. The predicted octanol–water partition coefficient (Wildman–Crippen LogP) is 0.581. The second kappa shape index (κ2) is 8.87. The molecular weight excluding hydrogens is 304 g/mol. The first-order valence-corrected chi connectivity index (χ1v) is 6.49. The van der Waals surface area contributed by atoms with E-state index in [1.165, 1.54) is 0 Å². The van der Waals surface area contributed by atoms with Gasteiger partial charge in [-0.05, 0) is 12.1 Å². The Balaban J connectivity index is 0.000000593. The molecule has 0 radical (unpaired) electrons. The van der Waals surface area contributed by atoms with Crippen molar-refractivity contribution >= 4 is 22.5 Å². The lowest BCUT2D eigenvalue weighted by Gasteiger charge is -2.10. The Kier molecular flexibility index (Phi) is 6.85. The van der Waals surface area contributed by atoms with E-state index < -0.39 is 5.09 Å². The van der Waals surface area contributed by atoms with E-state index in [2.05, 4.69) is 15.3 Å². The molecule has 0 bridgehead atoms. The standard InChI is InChI=1S/C13H17N5O.HNO3/c1-19-10-7-9-3-2-4-17-12(9)11(8-10)16-5-6-18-13(14)15;2-1(3)4/h2-4,7-8,16H,5-6H2,1H3,(H4,14,15,18);(H,2,3,4). The Morgan fingerprint density at radius 2 is 2.22 bits per heavy atom. The van der Waals surface area contributed by atoms with Gasteiger partial charge in [-0.15, -0.1) is 10.1 Å². The minimum Gasteiger partial charge on any atom is -0.497 e. The number of hydrogen-bond donors (Lipinski definition) is 4. The highest BCUT2D eigenvalue weighted by Crippen LogP contribution is 2.27. The summed E-state index contributed by atoms with van der Waals surface area (Å²) in [5.74, 6) is 0.875. The highest BCUT2D eigenvalue weighted by molar-refractivity contribution is 5.91. The molecule has 0 atom stereocenters. The number of rotatable bonds is 5. The van der Waals surface area contributed by atoms with E-state index >= 15 is 0 Å². The van der Waals surface area contributed by atoms with Crippen LogP contribution < -0.4 is 21.5 Å². The molecule has 0 unspecified atom stereocenters. The fourth-order valence-corrected chi connectivity index (χ4v) is 1.79. The van der Waals surface area contributed by atoms with Crippen molar-refractivity contribution in [3.05, 3.63) is 40.6 Å². The normalized spacial score (nSPS) is 9.43. The Bertz CT molecular complexity index is 683. The van der Waals surface area contributed by atoms with E-state index in [4.69, 9.17) is 31.5 Å². The number of anilines is 1. The zero-order chi connectivity index (χ0) is 17.2. The van der Waals surface area contributed by atoms with E-state index in [1.54, 1.807) is 13.3 Å². The number of methoxy groups -OCH3 is 1. The topological polar surface area (TPSA) is 162 Å². The van der Waals surface area contributed by atoms with E-state index in [9.17, 15) is 0 Å². The number of ether oxygens (including phenoxy) is 1. The molecule has 0 fully saturated rings. The molecule has 0 aliphatic heterocycles. The van der Waals surface area contributed by atoms with Gasteiger partial charge in [-0.3, -0.25) is 9.98 Å². The summed E-state index contributed by atoms with van der Waals surface area (Å²) in [6.07, 6.45) is 1.76. The number of guanidine groups is 1. The molecule has 1 aromatic carbocycles. The first-order valence-electron chi connectivity index (χ1n) is 6.49. The first-order chi connectivity index (χ1) is 10.9. The molecule has 2 rings (SSSR count). The summed E-state index contributed by atoms with van der Waals surface area (Å²) in [6.45, 7) is 1.13. The second-order valence-corrected chi connectivity index (χ2v) is 4.22. The van der Waals surface area contributed by atoms with E-state index in [1.807, 2.05) is 24.3 Å². The molecule has 0 aliphatic rings. The molecule has 0 spiro atoms. The van der Waals surface area contributed by atoms with Crippen LogP contribution in [-0.4, -0.2) is 41.4 Å². The number of pyridine rings is 1. The van der Waals surface area contributed by atoms with Crippen molar-refractivity contribution in [2.75, 3.05) is 25.5 Å². The van der Waals surface area contributed by atoms with Crippen LogP contribution in [0, 0.1) is 10.1 Å². The third kappa shape index (κ3) is 6.33. The van der Waals surface area contributed by atoms with Gasteiger partial charge in [-0.2, -0.15) is 0 Å². The molecular formula is C13H18N6O4. The van der Waals surface area contributed by atoms with E-state index in [0.717, 1.165) is 22.3 Å². The van der Waals surface area contributed by atoms with Crippen LogP contribution in [0.1, 0.15) is 0 Å². The number of nitrogens with zero attached hydrogens (tertiary/aromatic N) is 3. The van der Waals surface area contributed by atoms with E-state index in [0.29, 0.717) is 13.1 Å². The van der Waals surface area contributed by atoms with Gasteiger partial charge in [-0.25, -0.2) is 0 Å². The number of hydrogen-bond acceptors (Lipinski definition) is 6. The number of fused-ring (bicyclic) bond motifs is 1. The number of nitrogens with two attached hydrogens (primary N) is 2. The molecule has 0 aliphatic carbocycles. The van der Waals surface area contributed by atoms with Gasteiger partial charge in [0.2, 0.25) is 0 Å². The van der Waals surface area contributed by atoms with Crippen molar-refractivity contribution in [3.8, 4) is 5.75 Å². The molecule has 10 heteroatoms. The van der Waals surface area contributed by atoms with Gasteiger partial charge in [0.05, 0.1) is 24.9 Å². The second-order valence-electron chi connectivity index (χ2n) is 4.22. The van der Waals surface area contributed by atoms with Crippen molar-refractivity contribution in [1.29, 1.82) is 0 Å². The molecule has 0 saturated heterocycles. The monoisotopic (exact) mass is 322 g/mol. The Morgan fingerprint density at radius 1 is 1.52 bits per heavy atom. The summed E-state index contributed by atoms with van der Waals surface area (Å²) in [5.41, 5.74) is 12.4. The predicted molar refractivity (Wildman–Crippen MR) is 86.2 cm³/mol. The first kappa shape index (κ1) is 17.8. The van der Waals surface area contributed by atoms with Crippen molar-refractivity contribution in [1.82, 2.24) is 4.98 Å². The molecule has 1 aromatic heterocycles. The maximum absolute atomic E-state index is 8.36. The fourth-order valence-electron chi connectivity index (χ4n) is 1.79. The van der Waals surface area contributed by atoms with Gasteiger partial charge in [0, 0.05) is 24.2 Å². The molecule has 124 valence electrons. The van der Waals surface area contributed by atoms with Crippen LogP contribution in [0.3, 0.4) is 0 Å². The zero-order valence-electron chi connectivity index (χ0n) is 12.5. The molecule has 6 N–H and O–H groups in total. The maximum atomic E-state index is 8.36. The molecule has 0 saturated carbocycles. The highest BCUT2D eigenvalue weighted by atomic mass is 16.9. The number of benzene rings is 1. The SMILES string of the molecule is COc1cc(NCCN=C(N)N)c2ncccc2c1.O=[N+]([O-])O. The summed E-state index contributed by atoms with van der Waals surface area (Å²) in [7, 11) is 1.64. The van der Waals surface area contributed by atoms with Crippen LogP contribution in [-0.2, 0) is 0 Å². The summed E-state index contributed by atoms with van der Waals surface area (Å²) >= 11 is 0. The lowest BCUT2D eigenvalue weighted by molar-refractivity contribution is -0.742. The van der Waals surface area contributed by atoms with Gasteiger partial charge in [-0.1, -0.05) is 6.07 Å². The number of aromatic nitrogens is 1. The summed E-state index contributed by atoms with van der Waals surface area (Å²) in [5, 5.41) is 17.9. The summed E-state index contributed by atoms with van der Waals surface area (Å²) in [4.78, 5) is 16.6. The smallest absolute Gasteiger partial charge is 0.291 e. The van der Waals surface area contributed by atoms with Crippen molar-refractivity contribution < 1.29 is 15.0 Å². The fraction of sp³-hybridized carbons (Fsp3) is 0.231.